The fourth-order valence-corrected chi connectivity index (χ4v) is 2.64. The van der Waals surface area contributed by atoms with E-state index in [1.54, 1.807) is 0 Å². The SMILES string of the molecule is CC1CN(C)CCN1C(=O)C(N)Cc1ccccc1.Cl.Cl. The standard InChI is InChI=1S/C15H23N3O.2ClH/c1-12-11-17(2)8-9-18(12)15(19)14(16)10-13-6-4-3-5-7-13;;/h3-7,12,14H,8-11,16H2,1-2H3;2*1H. The summed E-state index contributed by atoms with van der Waals surface area (Å²) in [7, 11) is 2.09. The number of nitrogens with zero attached hydrogens (tertiary/aromatic N) is 2. The molecule has 1 aliphatic heterocycles. The van der Waals surface area contributed by atoms with Gasteiger partial charge in [0.25, 0.3) is 0 Å². The maximum atomic E-state index is 12.4. The third kappa shape index (κ3) is 5.47. The highest BCUT2D eigenvalue weighted by molar-refractivity contribution is 5.85. The lowest BCUT2D eigenvalue weighted by Gasteiger charge is -2.39. The van der Waals surface area contributed by atoms with E-state index in [1.165, 1.54) is 0 Å². The van der Waals surface area contributed by atoms with E-state index in [4.69, 9.17) is 5.73 Å². The maximum absolute atomic E-state index is 12.4. The molecule has 1 aromatic carbocycles. The summed E-state index contributed by atoms with van der Waals surface area (Å²) in [6.45, 7) is 4.71. The summed E-state index contributed by atoms with van der Waals surface area (Å²) >= 11 is 0. The van der Waals surface area contributed by atoms with E-state index in [0.717, 1.165) is 25.2 Å². The Morgan fingerprint density at radius 1 is 1.29 bits per heavy atom. The van der Waals surface area contributed by atoms with Crippen molar-refractivity contribution < 1.29 is 4.79 Å². The van der Waals surface area contributed by atoms with Crippen molar-refractivity contribution in [2.24, 2.45) is 5.73 Å². The van der Waals surface area contributed by atoms with Crippen LogP contribution in [0.3, 0.4) is 0 Å². The van der Waals surface area contributed by atoms with Crippen LogP contribution in [0.2, 0.25) is 0 Å². The zero-order valence-corrected chi connectivity index (χ0v) is 14.2. The normalized spacial score (nSPS) is 20.1. The van der Waals surface area contributed by atoms with Crippen LogP contribution >= 0.6 is 24.8 Å². The van der Waals surface area contributed by atoms with Crippen molar-refractivity contribution >= 4 is 30.7 Å². The molecule has 1 aliphatic rings. The van der Waals surface area contributed by atoms with Crippen molar-refractivity contribution in [1.82, 2.24) is 9.80 Å². The average molecular weight is 334 g/mol. The highest BCUT2D eigenvalue weighted by atomic mass is 35.5. The predicted octanol–water partition coefficient (Wildman–Crippen LogP) is 1.56. The minimum Gasteiger partial charge on any atom is -0.336 e. The van der Waals surface area contributed by atoms with Crippen molar-refractivity contribution in [1.29, 1.82) is 0 Å². The Hall–Kier alpha value is -0.810. The van der Waals surface area contributed by atoms with Crippen molar-refractivity contribution in [2.75, 3.05) is 26.7 Å². The van der Waals surface area contributed by atoms with Crippen molar-refractivity contribution in [3.05, 3.63) is 35.9 Å². The number of nitrogens with two attached hydrogens (primary N) is 1. The lowest BCUT2D eigenvalue weighted by Crippen LogP contribution is -2.57. The Kier molecular flexibility index (Phi) is 8.90. The lowest BCUT2D eigenvalue weighted by atomic mass is 10.0. The van der Waals surface area contributed by atoms with Gasteiger partial charge in [-0.2, -0.15) is 0 Å². The molecule has 0 bridgehead atoms. The minimum absolute atomic E-state index is 0. The Labute approximate surface area is 139 Å². The molecule has 0 aliphatic carbocycles. The van der Waals surface area contributed by atoms with E-state index in [-0.39, 0.29) is 36.8 Å². The number of rotatable bonds is 3. The van der Waals surface area contributed by atoms with Gasteiger partial charge in [0.15, 0.2) is 0 Å². The number of piperazine rings is 1. The molecule has 1 saturated heterocycles. The van der Waals surface area contributed by atoms with E-state index in [2.05, 4.69) is 18.9 Å². The summed E-state index contributed by atoms with van der Waals surface area (Å²) in [5.74, 6) is 0.0736. The van der Waals surface area contributed by atoms with E-state index >= 15 is 0 Å². The summed E-state index contributed by atoms with van der Waals surface area (Å²) in [4.78, 5) is 16.6. The van der Waals surface area contributed by atoms with E-state index in [9.17, 15) is 4.79 Å². The zero-order valence-electron chi connectivity index (χ0n) is 12.6. The van der Waals surface area contributed by atoms with Crippen molar-refractivity contribution in [2.45, 2.75) is 25.4 Å². The van der Waals surface area contributed by atoms with Gasteiger partial charge in [-0.3, -0.25) is 4.79 Å². The fraction of sp³-hybridized carbons (Fsp3) is 0.533. The Bertz CT molecular complexity index is 430. The van der Waals surface area contributed by atoms with Gasteiger partial charge >= 0.3 is 0 Å². The van der Waals surface area contributed by atoms with Crippen LogP contribution in [-0.4, -0.2) is 54.5 Å². The molecule has 1 aromatic rings. The number of carbonyl (C=O) groups is 1. The van der Waals surface area contributed by atoms with Crippen LogP contribution in [0.15, 0.2) is 30.3 Å². The van der Waals surface area contributed by atoms with Gasteiger partial charge in [-0.25, -0.2) is 0 Å². The predicted molar refractivity (Wildman–Crippen MR) is 91.3 cm³/mol. The molecule has 0 radical (unpaired) electrons. The van der Waals surface area contributed by atoms with Gasteiger partial charge in [0.05, 0.1) is 6.04 Å². The molecule has 1 fully saturated rings. The van der Waals surface area contributed by atoms with Crippen LogP contribution in [0.5, 0.6) is 0 Å². The van der Waals surface area contributed by atoms with Gasteiger partial charge in [0, 0.05) is 25.7 Å². The van der Waals surface area contributed by atoms with E-state index in [1.807, 2.05) is 35.2 Å². The van der Waals surface area contributed by atoms with Gasteiger partial charge in [-0.1, -0.05) is 30.3 Å². The molecule has 21 heavy (non-hydrogen) atoms. The number of hydrogen-bond acceptors (Lipinski definition) is 3. The molecule has 2 rings (SSSR count). The second kappa shape index (κ2) is 9.26. The number of hydrogen-bond donors (Lipinski definition) is 1. The summed E-state index contributed by atoms with van der Waals surface area (Å²) in [6, 6.07) is 9.76. The highest BCUT2D eigenvalue weighted by Crippen LogP contribution is 2.11. The summed E-state index contributed by atoms with van der Waals surface area (Å²) in [5, 5.41) is 0. The monoisotopic (exact) mass is 333 g/mol. The van der Waals surface area contributed by atoms with Gasteiger partial charge in [0.1, 0.15) is 0 Å². The molecule has 4 nitrogen and oxygen atoms in total. The highest BCUT2D eigenvalue weighted by Gasteiger charge is 2.28. The number of benzene rings is 1. The van der Waals surface area contributed by atoms with Crippen molar-refractivity contribution in [3.8, 4) is 0 Å². The maximum Gasteiger partial charge on any atom is 0.240 e. The van der Waals surface area contributed by atoms with Gasteiger partial charge in [-0.15, -0.1) is 24.8 Å². The molecule has 1 amide bonds. The molecule has 0 aromatic heterocycles. The van der Waals surface area contributed by atoms with E-state index in [0.29, 0.717) is 6.42 Å². The Morgan fingerprint density at radius 3 is 2.48 bits per heavy atom. The van der Waals surface area contributed by atoms with Crippen LogP contribution in [0.1, 0.15) is 12.5 Å². The average Bonchev–Trinajstić information content (AvgIpc) is 2.39. The molecule has 2 unspecified atom stereocenters. The number of amides is 1. The van der Waals surface area contributed by atoms with Crippen LogP contribution in [0.25, 0.3) is 0 Å². The molecule has 0 saturated carbocycles. The van der Waals surface area contributed by atoms with Gasteiger partial charge < -0.3 is 15.5 Å². The Balaban J connectivity index is 0.00000200. The Morgan fingerprint density at radius 2 is 1.90 bits per heavy atom. The second-order valence-electron chi connectivity index (χ2n) is 5.44. The molecule has 1 heterocycles. The first-order valence-electron chi connectivity index (χ1n) is 6.86. The molecule has 120 valence electrons. The largest absolute Gasteiger partial charge is 0.336 e. The quantitative estimate of drug-likeness (QED) is 0.913. The van der Waals surface area contributed by atoms with Crippen LogP contribution in [-0.2, 0) is 11.2 Å². The van der Waals surface area contributed by atoms with E-state index < -0.39 is 6.04 Å². The minimum atomic E-state index is -0.437. The first-order valence-corrected chi connectivity index (χ1v) is 6.86. The molecular formula is C15H25Cl2N3O. The van der Waals surface area contributed by atoms with Gasteiger partial charge in [0.2, 0.25) is 5.91 Å². The zero-order chi connectivity index (χ0) is 13.8. The second-order valence-corrected chi connectivity index (χ2v) is 5.44. The first kappa shape index (κ1) is 20.2. The molecule has 2 atom stereocenters. The lowest BCUT2D eigenvalue weighted by molar-refractivity contribution is -0.136. The molecule has 2 N–H and O–H groups in total. The fourth-order valence-electron chi connectivity index (χ4n) is 2.64. The van der Waals surface area contributed by atoms with Gasteiger partial charge in [-0.05, 0) is 26.0 Å². The third-order valence-electron chi connectivity index (χ3n) is 3.73. The van der Waals surface area contributed by atoms with Crippen LogP contribution < -0.4 is 5.73 Å². The third-order valence-corrected chi connectivity index (χ3v) is 3.73. The topological polar surface area (TPSA) is 49.6 Å². The molecular weight excluding hydrogens is 309 g/mol. The summed E-state index contributed by atoms with van der Waals surface area (Å²) < 4.78 is 0. The number of carbonyl (C=O) groups excluding carboxylic acids is 1. The van der Waals surface area contributed by atoms with Crippen molar-refractivity contribution in [3.63, 3.8) is 0 Å². The molecule has 0 spiro atoms. The number of likely N-dealkylation sites (N-methyl/N-ethyl adjacent to an activating group) is 1. The van der Waals surface area contributed by atoms with Crippen LogP contribution in [0, 0.1) is 0 Å². The summed E-state index contributed by atoms with van der Waals surface area (Å²) in [5.41, 5.74) is 7.19. The van der Waals surface area contributed by atoms with Crippen LogP contribution in [0.4, 0.5) is 0 Å². The first-order chi connectivity index (χ1) is 9.08. The number of halogens is 2. The smallest absolute Gasteiger partial charge is 0.240 e. The summed E-state index contributed by atoms with van der Waals surface area (Å²) in [6.07, 6.45) is 0.610. The molecule has 6 heteroatoms.